The summed E-state index contributed by atoms with van der Waals surface area (Å²) in [5.41, 5.74) is 1.02. The maximum absolute atomic E-state index is 12.3. The summed E-state index contributed by atoms with van der Waals surface area (Å²) in [4.78, 5) is 24.2. The first-order chi connectivity index (χ1) is 11.3. The van der Waals surface area contributed by atoms with Gasteiger partial charge >= 0.3 is 0 Å². The molecule has 24 heavy (non-hydrogen) atoms. The quantitative estimate of drug-likeness (QED) is 0.645. The van der Waals surface area contributed by atoms with Crippen molar-refractivity contribution in [3.63, 3.8) is 0 Å². The molecule has 3 N–H and O–H groups in total. The van der Waals surface area contributed by atoms with Gasteiger partial charge in [0.2, 0.25) is 11.8 Å². The lowest BCUT2D eigenvalue weighted by molar-refractivity contribution is -0.130. The largest absolute Gasteiger partial charge is 0.391 e. The highest BCUT2D eigenvalue weighted by Gasteiger charge is 2.24. The van der Waals surface area contributed by atoms with Gasteiger partial charge in [0.15, 0.2) is 0 Å². The summed E-state index contributed by atoms with van der Waals surface area (Å²) in [6, 6.07) is 9.05. The predicted molar refractivity (Wildman–Crippen MR) is 95.4 cm³/mol. The molecule has 0 spiro atoms. The number of aliphatic hydroxyl groups is 1. The van der Waals surface area contributed by atoms with Gasteiger partial charge in [0.05, 0.1) is 6.10 Å². The fourth-order valence-corrected chi connectivity index (χ4v) is 2.42. The number of carbonyl (C=O) groups excluding carboxylic acids is 2. The predicted octanol–water partition coefficient (Wildman–Crippen LogP) is 1.89. The van der Waals surface area contributed by atoms with E-state index < -0.39 is 12.1 Å². The summed E-state index contributed by atoms with van der Waals surface area (Å²) >= 11 is 0. The van der Waals surface area contributed by atoms with E-state index in [1.807, 2.05) is 58.0 Å². The molecule has 1 aromatic rings. The molecule has 2 atom stereocenters. The van der Waals surface area contributed by atoms with E-state index in [1.54, 1.807) is 0 Å². The number of nitrogens with one attached hydrogen (secondary N) is 2. The molecule has 1 aromatic carbocycles. The third-order valence-corrected chi connectivity index (χ3v) is 3.69. The number of amides is 2. The van der Waals surface area contributed by atoms with Gasteiger partial charge in [0, 0.05) is 19.4 Å². The molecule has 5 nitrogen and oxygen atoms in total. The van der Waals surface area contributed by atoms with E-state index in [9.17, 15) is 14.7 Å². The maximum atomic E-state index is 12.3. The van der Waals surface area contributed by atoms with Crippen molar-refractivity contribution < 1.29 is 14.7 Å². The second-order valence-electron chi connectivity index (χ2n) is 6.98. The molecule has 0 saturated heterocycles. The SMILES string of the molecule is CC(C)CC(=O)N[C@@H](C(=O)NC[C@H](O)Cc1ccccc1)C(C)C. The highest BCUT2D eigenvalue weighted by atomic mass is 16.3. The molecular formula is C19H30N2O3. The lowest BCUT2D eigenvalue weighted by Crippen LogP contribution is -2.51. The van der Waals surface area contributed by atoms with Crippen molar-refractivity contribution in [2.24, 2.45) is 11.8 Å². The molecule has 0 bridgehead atoms. The van der Waals surface area contributed by atoms with Crippen LogP contribution in [-0.4, -0.2) is 35.6 Å². The van der Waals surface area contributed by atoms with E-state index in [-0.39, 0.29) is 30.2 Å². The molecular weight excluding hydrogens is 304 g/mol. The Morgan fingerprint density at radius 3 is 2.25 bits per heavy atom. The summed E-state index contributed by atoms with van der Waals surface area (Å²) in [6.45, 7) is 7.87. The van der Waals surface area contributed by atoms with Gasteiger partial charge in [0.25, 0.3) is 0 Å². The molecule has 0 aliphatic rings. The van der Waals surface area contributed by atoms with E-state index >= 15 is 0 Å². The summed E-state index contributed by atoms with van der Waals surface area (Å²) in [7, 11) is 0. The lowest BCUT2D eigenvalue weighted by atomic mass is 10.0. The van der Waals surface area contributed by atoms with Crippen LogP contribution in [0.25, 0.3) is 0 Å². The minimum atomic E-state index is -0.657. The van der Waals surface area contributed by atoms with Crippen LogP contribution in [0.15, 0.2) is 30.3 Å². The second kappa shape index (κ2) is 10.1. The Bertz CT molecular complexity index is 515. The van der Waals surface area contributed by atoms with Gasteiger partial charge in [0.1, 0.15) is 6.04 Å². The van der Waals surface area contributed by atoms with Gasteiger partial charge < -0.3 is 15.7 Å². The molecule has 0 aliphatic heterocycles. The first-order valence-electron chi connectivity index (χ1n) is 8.58. The van der Waals surface area contributed by atoms with Crippen molar-refractivity contribution in [1.29, 1.82) is 0 Å². The molecule has 5 heteroatoms. The van der Waals surface area contributed by atoms with E-state index in [0.29, 0.717) is 12.8 Å². The summed E-state index contributed by atoms with van der Waals surface area (Å²) in [5.74, 6) is -0.154. The van der Waals surface area contributed by atoms with Crippen LogP contribution in [0.5, 0.6) is 0 Å². The fraction of sp³-hybridized carbons (Fsp3) is 0.579. The fourth-order valence-electron chi connectivity index (χ4n) is 2.42. The standard InChI is InChI=1S/C19H30N2O3/c1-13(2)10-17(23)21-18(14(3)4)19(24)20-12-16(22)11-15-8-6-5-7-9-15/h5-9,13-14,16,18,22H,10-12H2,1-4H3,(H,20,24)(H,21,23)/t16-,18-/m1/s1. The maximum Gasteiger partial charge on any atom is 0.242 e. The number of rotatable bonds is 9. The topological polar surface area (TPSA) is 78.4 Å². The van der Waals surface area contributed by atoms with Crippen molar-refractivity contribution in [2.45, 2.75) is 52.7 Å². The summed E-state index contributed by atoms with van der Waals surface area (Å²) < 4.78 is 0. The summed E-state index contributed by atoms with van der Waals surface area (Å²) in [6.07, 6.45) is 0.218. The average molecular weight is 334 g/mol. The van der Waals surface area contributed by atoms with Crippen molar-refractivity contribution in [3.05, 3.63) is 35.9 Å². The van der Waals surface area contributed by atoms with E-state index in [0.717, 1.165) is 5.56 Å². The average Bonchev–Trinajstić information content (AvgIpc) is 2.50. The van der Waals surface area contributed by atoms with Crippen LogP contribution >= 0.6 is 0 Å². The Labute approximate surface area is 144 Å². The zero-order chi connectivity index (χ0) is 18.1. The van der Waals surface area contributed by atoms with Crippen molar-refractivity contribution in [1.82, 2.24) is 10.6 Å². The Kier molecular flexibility index (Phi) is 8.47. The molecule has 0 saturated carbocycles. The van der Waals surface area contributed by atoms with E-state index in [4.69, 9.17) is 0 Å². The van der Waals surface area contributed by atoms with E-state index in [1.165, 1.54) is 0 Å². The Hall–Kier alpha value is -1.88. The lowest BCUT2D eigenvalue weighted by Gasteiger charge is -2.23. The molecule has 0 aromatic heterocycles. The molecule has 134 valence electrons. The number of hydrogen-bond acceptors (Lipinski definition) is 3. The number of hydrogen-bond donors (Lipinski definition) is 3. The first-order valence-corrected chi connectivity index (χ1v) is 8.58. The van der Waals surface area contributed by atoms with Crippen molar-refractivity contribution in [2.75, 3.05) is 6.54 Å². The third-order valence-electron chi connectivity index (χ3n) is 3.69. The van der Waals surface area contributed by atoms with Crippen LogP contribution in [0.2, 0.25) is 0 Å². The molecule has 0 aliphatic carbocycles. The molecule has 0 unspecified atom stereocenters. The van der Waals surface area contributed by atoms with Gasteiger partial charge in [-0.3, -0.25) is 9.59 Å². The van der Waals surface area contributed by atoms with Gasteiger partial charge in [-0.25, -0.2) is 0 Å². The van der Waals surface area contributed by atoms with Gasteiger partial charge in [-0.2, -0.15) is 0 Å². The third kappa shape index (κ3) is 7.59. The van der Waals surface area contributed by atoms with Crippen LogP contribution in [0.3, 0.4) is 0 Å². The zero-order valence-electron chi connectivity index (χ0n) is 15.1. The highest BCUT2D eigenvalue weighted by molar-refractivity contribution is 5.87. The Balaban J connectivity index is 2.48. The monoisotopic (exact) mass is 334 g/mol. The van der Waals surface area contributed by atoms with E-state index in [2.05, 4.69) is 10.6 Å². The Morgan fingerprint density at radius 1 is 1.08 bits per heavy atom. The minimum absolute atomic E-state index is 0.0209. The van der Waals surface area contributed by atoms with Crippen LogP contribution in [0.4, 0.5) is 0 Å². The minimum Gasteiger partial charge on any atom is -0.391 e. The van der Waals surface area contributed by atoms with Gasteiger partial charge in [-0.1, -0.05) is 58.0 Å². The van der Waals surface area contributed by atoms with Crippen LogP contribution in [0, 0.1) is 11.8 Å². The number of aliphatic hydroxyl groups excluding tert-OH is 1. The van der Waals surface area contributed by atoms with Gasteiger partial charge in [-0.05, 0) is 17.4 Å². The first kappa shape index (κ1) is 20.2. The Morgan fingerprint density at radius 2 is 1.71 bits per heavy atom. The molecule has 2 amide bonds. The number of carbonyl (C=O) groups is 2. The van der Waals surface area contributed by atoms with Crippen LogP contribution in [-0.2, 0) is 16.0 Å². The number of benzene rings is 1. The molecule has 0 radical (unpaired) electrons. The normalized spacial score (nSPS) is 13.6. The summed E-state index contributed by atoms with van der Waals surface area (Å²) in [5, 5.41) is 15.6. The van der Waals surface area contributed by atoms with Gasteiger partial charge in [-0.15, -0.1) is 0 Å². The molecule has 1 rings (SSSR count). The molecule has 0 heterocycles. The van der Waals surface area contributed by atoms with Crippen molar-refractivity contribution >= 4 is 11.8 Å². The van der Waals surface area contributed by atoms with Crippen molar-refractivity contribution in [3.8, 4) is 0 Å². The van der Waals surface area contributed by atoms with Crippen LogP contribution in [0.1, 0.15) is 39.7 Å². The smallest absolute Gasteiger partial charge is 0.242 e. The zero-order valence-corrected chi connectivity index (χ0v) is 15.1. The van der Waals surface area contributed by atoms with Crippen LogP contribution < -0.4 is 10.6 Å². The highest BCUT2D eigenvalue weighted by Crippen LogP contribution is 2.06. The second-order valence-corrected chi connectivity index (χ2v) is 6.98. The molecule has 0 fully saturated rings.